The van der Waals surface area contributed by atoms with Crippen molar-refractivity contribution in [3.63, 3.8) is 0 Å². The first-order valence-corrected chi connectivity index (χ1v) is 3.17. The van der Waals surface area contributed by atoms with E-state index in [1.165, 1.54) is 6.07 Å². The number of rotatable bonds is 0. The fourth-order valence-electron chi connectivity index (χ4n) is 0.574. The molecule has 0 N–H and O–H groups in total. The van der Waals surface area contributed by atoms with Crippen LogP contribution in [0.15, 0.2) is 23.2 Å². The predicted molar refractivity (Wildman–Crippen MR) is 43.6 cm³/mol. The van der Waals surface area contributed by atoms with Crippen molar-refractivity contribution in [1.29, 1.82) is 0 Å². The van der Waals surface area contributed by atoms with Gasteiger partial charge >= 0.3 is 35.7 Å². The SMILES string of the molecule is FC(F)(F)c1cc(S)ccn1.[NaH]. The Morgan fingerprint density at radius 2 is 1.92 bits per heavy atom. The Morgan fingerprint density at radius 3 is 2.25 bits per heavy atom. The second kappa shape index (κ2) is 4.50. The minimum atomic E-state index is -4.38. The van der Waals surface area contributed by atoms with Crippen LogP contribution in [0.2, 0.25) is 0 Å². The number of halogens is 3. The van der Waals surface area contributed by atoms with Gasteiger partial charge < -0.3 is 0 Å². The van der Waals surface area contributed by atoms with Gasteiger partial charge in [0.2, 0.25) is 0 Å². The Morgan fingerprint density at radius 1 is 1.33 bits per heavy atom. The van der Waals surface area contributed by atoms with E-state index in [4.69, 9.17) is 0 Å². The van der Waals surface area contributed by atoms with E-state index in [0.29, 0.717) is 0 Å². The van der Waals surface area contributed by atoms with Gasteiger partial charge in [0.1, 0.15) is 5.69 Å². The molecule has 0 amide bonds. The summed E-state index contributed by atoms with van der Waals surface area (Å²) in [7, 11) is 0. The maximum absolute atomic E-state index is 11.9. The molecular weight excluding hydrogens is 198 g/mol. The summed E-state index contributed by atoms with van der Waals surface area (Å²) in [6.45, 7) is 0. The third kappa shape index (κ3) is 3.35. The molecule has 0 aliphatic rings. The van der Waals surface area contributed by atoms with Crippen LogP contribution in [0.3, 0.4) is 0 Å². The van der Waals surface area contributed by atoms with Gasteiger partial charge in [-0.15, -0.1) is 12.6 Å². The van der Waals surface area contributed by atoms with Crippen molar-refractivity contribution in [2.24, 2.45) is 0 Å². The van der Waals surface area contributed by atoms with Crippen molar-refractivity contribution in [1.82, 2.24) is 4.98 Å². The van der Waals surface area contributed by atoms with Crippen LogP contribution in [0.5, 0.6) is 0 Å². The van der Waals surface area contributed by atoms with E-state index in [1.54, 1.807) is 0 Å². The van der Waals surface area contributed by atoms with E-state index in [-0.39, 0.29) is 34.5 Å². The summed E-state index contributed by atoms with van der Waals surface area (Å²) in [6.07, 6.45) is -3.30. The zero-order valence-corrected chi connectivity index (χ0v) is 6.15. The van der Waals surface area contributed by atoms with Crippen LogP contribution in [0.25, 0.3) is 0 Å². The molecule has 1 heterocycles. The van der Waals surface area contributed by atoms with Crippen LogP contribution in [0, 0.1) is 0 Å². The Labute approximate surface area is 95.1 Å². The van der Waals surface area contributed by atoms with Crippen LogP contribution >= 0.6 is 12.6 Å². The van der Waals surface area contributed by atoms with E-state index in [1.807, 2.05) is 0 Å². The third-order valence-electron chi connectivity index (χ3n) is 1.03. The summed E-state index contributed by atoms with van der Waals surface area (Å²) in [6, 6.07) is 2.27. The van der Waals surface area contributed by atoms with E-state index >= 15 is 0 Å². The van der Waals surface area contributed by atoms with E-state index in [9.17, 15) is 13.2 Å². The molecule has 0 saturated heterocycles. The summed E-state index contributed by atoms with van der Waals surface area (Å²) in [5.74, 6) is 0. The van der Waals surface area contributed by atoms with Crippen LogP contribution in [0.4, 0.5) is 13.2 Å². The molecule has 0 aliphatic carbocycles. The Hall–Kier alpha value is 0.290. The van der Waals surface area contributed by atoms with Crippen molar-refractivity contribution in [2.75, 3.05) is 0 Å². The van der Waals surface area contributed by atoms with Crippen LogP contribution < -0.4 is 0 Å². The Balaban J connectivity index is 0.00000121. The first kappa shape index (κ1) is 12.3. The molecule has 1 nitrogen and oxygen atoms in total. The molecule has 1 aromatic rings. The second-order valence-electron chi connectivity index (χ2n) is 1.90. The molecule has 0 unspecified atom stereocenters. The standard InChI is InChI=1S/C6H4F3NS.Na.H/c7-6(8,9)5-3-4(11)1-2-10-5;;/h1-3H,(H,10,11);;. The number of hydrogen-bond acceptors (Lipinski definition) is 2. The molecule has 62 valence electrons. The zero-order chi connectivity index (χ0) is 8.48. The molecule has 0 fully saturated rings. The molecule has 0 aromatic carbocycles. The van der Waals surface area contributed by atoms with E-state index < -0.39 is 11.9 Å². The van der Waals surface area contributed by atoms with E-state index in [2.05, 4.69) is 17.6 Å². The molecule has 12 heavy (non-hydrogen) atoms. The Kier molecular flexibility index (Phi) is 4.61. The zero-order valence-electron chi connectivity index (χ0n) is 5.26. The predicted octanol–water partition coefficient (Wildman–Crippen LogP) is 1.74. The summed E-state index contributed by atoms with van der Waals surface area (Å²) in [5.41, 5.74) is -0.912. The molecule has 6 heteroatoms. The van der Waals surface area contributed by atoms with Crippen molar-refractivity contribution >= 4 is 42.2 Å². The van der Waals surface area contributed by atoms with Crippen molar-refractivity contribution < 1.29 is 13.2 Å². The molecular formula is C6H5F3NNaS. The number of aromatic nitrogens is 1. The summed E-state index contributed by atoms with van der Waals surface area (Å²) >= 11 is 3.75. The quantitative estimate of drug-likeness (QED) is 0.500. The first-order valence-electron chi connectivity index (χ1n) is 2.72. The molecule has 0 saturated carbocycles. The molecule has 0 spiro atoms. The third-order valence-corrected chi connectivity index (χ3v) is 1.31. The van der Waals surface area contributed by atoms with Crippen LogP contribution in [0.1, 0.15) is 5.69 Å². The number of pyridine rings is 1. The average Bonchev–Trinajstić information content (AvgIpc) is 1.86. The molecule has 0 radical (unpaired) electrons. The van der Waals surface area contributed by atoms with Gasteiger partial charge in [0.25, 0.3) is 0 Å². The molecule has 0 aliphatic heterocycles. The van der Waals surface area contributed by atoms with Crippen molar-refractivity contribution in [2.45, 2.75) is 11.1 Å². The molecule has 1 rings (SSSR count). The van der Waals surface area contributed by atoms with Gasteiger partial charge in [-0.3, -0.25) is 4.98 Å². The van der Waals surface area contributed by atoms with Crippen molar-refractivity contribution in [3.05, 3.63) is 24.0 Å². The average molecular weight is 203 g/mol. The summed E-state index contributed by atoms with van der Waals surface area (Å²) in [4.78, 5) is 3.39. The Bertz CT molecular complexity index is 263. The van der Waals surface area contributed by atoms with Crippen molar-refractivity contribution in [3.8, 4) is 0 Å². The second-order valence-corrected chi connectivity index (χ2v) is 2.41. The number of thiol groups is 1. The van der Waals surface area contributed by atoms with Gasteiger partial charge in [-0.25, -0.2) is 0 Å². The molecule has 1 aromatic heterocycles. The van der Waals surface area contributed by atoms with Gasteiger partial charge in [0, 0.05) is 11.1 Å². The summed E-state index contributed by atoms with van der Waals surface area (Å²) < 4.78 is 35.6. The van der Waals surface area contributed by atoms with Gasteiger partial charge in [-0.05, 0) is 12.1 Å². The normalized spacial score (nSPS) is 10.7. The van der Waals surface area contributed by atoms with Gasteiger partial charge in [-0.2, -0.15) is 13.2 Å². The molecule has 0 atom stereocenters. The van der Waals surface area contributed by atoms with Gasteiger partial charge in [-0.1, -0.05) is 0 Å². The maximum atomic E-state index is 11.9. The number of nitrogens with zero attached hydrogens (tertiary/aromatic N) is 1. The monoisotopic (exact) mass is 203 g/mol. The summed E-state index contributed by atoms with van der Waals surface area (Å²) in [5, 5.41) is 0. The first-order chi connectivity index (χ1) is 5.00. The van der Waals surface area contributed by atoms with E-state index in [0.717, 1.165) is 12.3 Å². The fourth-order valence-corrected chi connectivity index (χ4v) is 0.763. The van der Waals surface area contributed by atoms with Crippen LogP contribution in [-0.4, -0.2) is 34.5 Å². The fraction of sp³-hybridized carbons (Fsp3) is 0.167. The van der Waals surface area contributed by atoms with Gasteiger partial charge in [0.05, 0.1) is 0 Å². The number of hydrogen-bond donors (Lipinski definition) is 1. The van der Waals surface area contributed by atoms with Crippen LogP contribution in [-0.2, 0) is 6.18 Å². The van der Waals surface area contributed by atoms with Gasteiger partial charge in [0.15, 0.2) is 0 Å². The minimum absolute atomic E-state index is 0. The topological polar surface area (TPSA) is 12.9 Å². The molecule has 0 bridgehead atoms. The number of alkyl halides is 3.